The fraction of sp³-hybridized carbons (Fsp3) is 0.909. The first-order chi connectivity index (χ1) is 6.11. The summed E-state index contributed by atoms with van der Waals surface area (Å²) in [5.41, 5.74) is -1.07. The minimum absolute atomic E-state index is 0.610. The SMILES string of the molecule is C[C@@](O)(C=O)C[C@@H]1C[C@H]2CC[C@H]1C2. The van der Waals surface area contributed by atoms with Gasteiger partial charge in [-0.15, -0.1) is 0 Å². The van der Waals surface area contributed by atoms with Crippen molar-refractivity contribution in [2.24, 2.45) is 17.8 Å². The molecule has 0 aromatic heterocycles. The van der Waals surface area contributed by atoms with Gasteiger partial charge in [-0.2, -0.15) is 0 Å². The normalized spacial score (nSPS) is 41.8. The number of fused-ring (bicyclic) bond motifs is 2. The topological polar surface area (TPSA) is 37.3 Å². The molecule has 2 nitrogen and oxygen atoms in total. The molecular formula is C11H18O2. The fourth-order valence-electron chi connectivity index (χ4n) is 3.21. The molecule has 2 saturated carbocycles. The third-order valence-electron chi connectivity index (χ3n) is 3.81. The van der Waals surface area contributed by atoms with Crippen LogP contribution < -0.4 is 0 Å². The highest BCUT2D eigenvalue weighted by atomic mass is 16.3. The zero-order valence-electron chi connectivity index (χ0n) is 8.20. The van der Waals surface area contributed by atoms with E-state index in [-0.39, 0.29) is 0 Å². The first-order valence-corrected chi connectivity index (χ1v) is 5.29. The molecule has 2 bridgehead atoms. The monoisotopic (exact) mass is 182 g/mol. The lowest BCUT2D eigenvalue weighted by Gasteiger charge is -2.26. The third kappa shape index (κ3) is 1.78. The molecule has 1 N–H and O–H groups in total. The van der Waals surface area contributed by atoms with Crippen LogP contribution in [0.2, 0.25) is 0 Å². The zero-order chi connectivity index (χ0) is 9.47. The molecule has 74 valence electrons. The van der Waals surface area contributed by atoms with Crippen LogP contribution >= 0.6 is 0 Å². The lowest BCUT2D eigenvalue weighted by Crippen LogP contribution is -2.31. The Bertz CT molecular complexity index is 210. The summed E-state index contributed by atoms with van der Waals surface area (Å²) >= 11 is 0. The second kappa shape index (κ2) is 3.09. The van der Waals surface area contributed by atoms with Gasteiger partial charge in [0.05, 0.1) is 0 Å². The fourth-order valence-corrected chi connectivity index (χ4v) is 3.21. The summed E-state index contributed by atoms with van der Waals surface area (Å²) in [5.74, 6) is 2.31. The van der Waals surface area contributed by atoms with Gasteiger partial charge in [0, 0.05) is 0 Å². The highest BCUT2D eigenvalue weighted by molar-refractivity contribution is 5.61. The summed E-state index contributed by atoms with van der Waals surface area (Å²) in [6, 6.07) is 0. The summed E-state index contributed by atoms with van der Waals surface area (Å²) in [4.78, 5) is 10.6. The van der Waals surface area contributed by atoms with Gasteiger partial charge in [0.1, 0.15) is 5.60 Å². The molecule has 0 spiro atoms. The molecule has 0 radical (unpaired) electrons. The molecule has 4 atom stereocenters. The highest BCUT2D eigenvalue weighted by Gasteiger charge is 2.41. The second-order valence-corrected chi connectivity index (χ2v) is 5.11. The number of carbonyl (C=O) groups is 1. The molecule has 2 heteroatoms. The third-order valence-corrected chi connectivity index (χ3v) is 3.81. The van der Waals surface area contributed by atoms with Crippen molar-refractivity contribution in [1.29, 1.82) is 0 Å². The Kier molecular flexibility index (Phi) is 2.18. The van der Waals surface area contributed by atoms with Crippen molar-refractivity contribution in [1.82, 2.24) is 0 Å². The Morgan fingerprint density at radius 3 is 2.69 bits per heavy atom. The van der Waals surface area contributed by atoms with E-state index in [9.17, 15) is 9.90 Å². The predicted molar refractivity (Wildman–Crippen MR) is 50.2 cm³/mol. The van der Waals surface area contributed by atoms with Crippen LogP contribution in [0, 0.1) is 17.8 Å². The van der Waals surface area contributed by atoms with Gasteiger partial charge < -0.3 is 9.90 Å². The highest BCUT2D eigenvalue weighted by Crippen LogP contribution is 2.50. The molecule has 0 aromatic rings. The Labute approximate surface area is 79.3 Å². The molecule has 2 aliphatic carbocycles. The molecule has 2 rings (SSSR count). The van der Waals surface area contributed by atoms with E-state index in [1.54, 1.807) is 6.92 Å². The smallest absolute Gasteiger partial charge is 0.151 e. The Balaban J connectivity index is 1.93. The Morgan fingerprint density at radius 2 is 2.23 bits per heavy atom. The van der Waals surface area contributed by atoms with Crippen molar-refractivity contribution in [2.75, 3.05) is 0 Å². The number of rotatable bonds is 3. The van der Waals surface area contributed by atoms with Gasteiger partial charge in [-0.3, -0.25) is 0 Å². The molecular weight excluding hydrogens is 164 g/mol. The van der Waals surface area contributed by atoms with Crippen LogP contribution in [0.15, 0.2) is 0 Å². The van der Waals surface area contributed by atoms with Gasteiger partial charge in [-0.05, 0) is 50.4 Å². The van der Waals surface area contributed by atoms with Gasteiger partial charge in [0.2, 0.25) is 0 Å². The quantitative estimate of drug-likeness (QED) is 0.675. The maximum Gasteiger partial charge on any atom is 0.151 e. The van der Waals surface area contributed by atoms with E-state index in [0.29, 0.717) is 18.6 Å². The number of aliphatic hydroxyl groups is 1. The van der Waals surface area contributed by atoms with Crippen LogP contribution in [0.5, 0.6) is 0 Å². The molecule has 2 fully saturated rings. The largest absolute Gasteiger partial charge is 0.383 e. The second-order valence-electron chi connectivity index (χ2n) is 5.11. The average molecular weight is 182 g/mol. The summed E-state index contributed by atoms with van der Waals surface area (Å²) < 4.78 is 0. The Morgan fingerprint density at radius 1 is 1.46 bits per heavy atom. The first kappa shape index (κ1) is 9.20. The van der Waals surface area contributed by atoms with E-state index >= 15 is 0 Å². The molecule has 0 aromatic carbocycles. The molecule has 0 unspecified atom stereocenters. The summed E-state index contributed by atoms with van der Waals surface area (Å²) in [6.45, 7) is 1.63. The number of hydrogen-bond acceptors (Lipinski definition) is 2. The van der Waals surface area contributed by atoms with E-state index < -0.39 is 5.60 Å². The van der Waals surface area contributed by atoms with Crippen LogP contribution in [-0.2, 0) is 4.79 Å². The number of hydrogen-bond donors (Lipinski definition) is 1. The van der Waals surface area contributed by atoms with Crippen molar-refractivity contribution in [3.63, 3.8) is 0 Å². The van der Waals surface area contributed by atoms with Crippen molar-refractivity contribution in [3.05, 3.63) is 0 Å². The van der Waals surface area contributed by atoms with Gasteiger partial charge in [-0.1, -0.05) is 6.42 Å². The minimum Gasteiger partial charge on any atom is -0.383 e. The van der Waals surface area contributed by atoms with E-state index in [0.717, 1.165) is 11.8 Å². The van der Waals surface area contributed by atoms with E-state index in [4.69, 9.17) is 0 Å². The van der Waals surface area contributed by atoms with E-state index in [1.807, 2.05) is 0 Å². The van der Waals surface area contributed by atoms with E-state index in [2.05, 4.69) is 0 Å². The van der Waals surface area contributed by atoms with E-state index in [1.165, 1.54) is 25.7 Å². The van der Waals surface area contributed by atoms with Gasteiger partial charge in [0.15, 0.2) is 6.29 Å². The van der Waals surface area contributed by atoms with Gasteiger partial charge in [-0.25, -0.2) is 0 Å². The molecule has 0 saturated heterocycles. The van der Waals surface area contributed by atoms with Crippen LogP contribution in [-0.4, -0.2) is 17.0 Å². The van der Waals surface area contributed by atoms with Crippen LogP contribution in [0.3, 0.4) is 0 Å². The minimum atomic E-state index is -1.07. The van der Waals surface area contributed by atoms with Crippen molar-refractivity contribution in [3.8, 4) is 0 Å². The Hall–Kier alpha value is -0.370. The molecule has 0 amide bonds. The maximum atomic E-state index is 10.6. The lowest BCUT2D eigenvalue weighted by molar-refractivity contribution is -0.124. The summed E-state index contributed by atoms with van der Waals surface area (Å²) in [7, 11) is 0. The van der Waals surface area contributed by atoms with Crippen LogP contribution in [0.1, 0.15) is 39.0 Å². The van der Waals surface area contributed by atoms with Crippen molar-refractivity contribution >= 4 is 6.29 Å². The number of aldehydes is 1. The number of carbonyl (C=O) groups excluding carboxylic acids is 1. The van der Waals surface area contributed by atoms with Crippen LogP contribution in [0.25, 0.3) is 0 Å². The molecule has 0 aliphatic heterocycles. The maximum absolute atomic E-state index is 10.6. The van der Waals surface area contributed by atoms with Crippen molar-refractivity contribution in [2.45, 2.75) is 44.6 Å². The first-order valence-electron chi connectivity index (χ1n) is 5.29. The van der Waals surface area contributed by atoms with Crippen LogP contribution in [0.4, 0.5) is 0 Å². The molecule has 2 aliphatic rings. The van der Waals surface area contributed by atoms with Gasteiger partial charge >= 0.3 is 0 Å². The molecule has 13 heavy (non-hydrogen) atoms. The van der Waals surface area contributed by atoms with Gasteiger partial charge in [0.25, 0.3) is 0 Å². The lowest BCUT2D eigenvalue weighted by atomic mass is 9.81. The van der Waals surface area contributed by atoms with Crippen molar-refractivity contribution < 1.29 is 9.90 Å². The average Bonchev–Trinajstić information content (AvgIpc) is 2.64. The predicted octanol–water partition coefficient (Wildman–Crippen LogP) is 1.76. The standard InChI is InChI=1S/C11H18O2/c1-11(13,7-12)6-10-5-8-2-3-9(10)4-8/h7-10,13H,2-6H2,1H3/t8-,9-,10-,11-/m0/s1. The summed E-state index contributed by atoms with van der Waals surface area (Å²) in [5, 5.41) is 9.64. The zero-order valence-corrected chi connectivity index (χ0v) is 8.20. The summed E-state index contributed by atoms with van der Waals surface area (Å²) in [6.07, 6.45) is 6.67. The molecule has 0 heterocycles.